The summed E-state index contributed by atoms with van der Waals surface area (Å²) in [6.07, 6.45) is 1.18. The van der Waals surface area contributed by atoms with E-state index in [-0.39, 0.29) is 19.0 Å². The fourth-order valence-corrected chi connectivity index (χ4v) is 2.05. The SMILES string of the molecule is C/C(=C\CC(=O)OCc1ccccc1)[C@H](O)c1ccccc1. The van der Waals surface area contributed by atoms with Gasteiger partial charge in [-0.25, -0.2) is 0 Å². The minimum atomic E-state index is -0.692. The predicted molar refractivity (Wildman–Crippen MR) is 86.0 cm³/mol. The van der Waals surface area contributed by atoms with Gasteiger partial charge in [0.15, 0.2) is 0 Å². The van der Waals surface area contributed by atoms with Crippen LogP contribution in [-0.4, -0.2) is 11.1 Å². The van der Waals surface area contributed by atoms with Crippen molar-refractivity contribution < 1.29 is 14.6 Å². The Morgan fingerprint density at radius 1 is 1.09 bits per heavy atom. The van der Waals surface area contributed by atoms with E-state index < -0.39 is 6.10 Å². The smallest absolute Gasteiger partial charge is 0.309 e. The van der Waals surface area contributed by atoms with Gasteiger partial charge in [-0.15, -0.1) is 0 Å². The van der Waals surface area contributed by atoms with Gasteiger partial charge in [0.1, 0.15) is 6.61 Å². The minimum absolute atomic E-state index is 0.155. The monoisotopic (exact) mass is 296 g/mol. The van der Waals surface area contributed by atoms with Crippen molar-refractivity contribution in [3.8, 4) is 0 Å². The lowest BCUT2D eigenvalue weighted by Crippen LogP contribution is -2.04. The van der Waals surface area contributed by atoms with Gasteiger partial charge in [0, 0.05) is 0 Å². The molecule has 1 atom stereocenters. The summed E-state index contributed by atoms with van der Waals surface area (Å²) in [5.74, 6) is -0.302. The van der Waals surface area contributed by atoms with E-state index in [9.17, 15) is 9.90 Å². The van der Waals surface area contributed by atoms with Crippen LogP contribution in [0, 0.1) is 0 Å². The molecule has 0 unspecified atom stereocenters. The summed E-state index contributed by atoms with van der Waals surface area (Å²) in [4.78, 5) is 11.7. The first kappa shape index (κ1) is 16.0. The Morgan fingerprint density at radius 3 is 2.32 bits per heavy atom. The quantitative estimate of drug-likeness (QED) is 0.651. The van der Waals surface area contributed by atoms with E-state index in [0.717, 1.165) is 16.7 Å². The van der Waals surface area contributed by atoms with Crippen LogP contribution in [0.5, 0.6) is 0 Å². The molecule has 0 aromatic heterocycles. The van der Waals surface area contributed by atoms with E-state index in [1.54, 1.807) is 6.08 Å². The third-order valence-corrected chi connectivity index (χ3v) is 3.38. The molecular formula is C19H20O3. The molecular weight excluding hydrogens is 276 g/mol. The number of carbonyl (C=O) groups excluding carboxylic acids is 1. The molecule has 2 rings (SSSR count). The van der Waals surface area contributed by atoms with Gasteiger partial charge in [-0.3, -0.25) is 4.79 Å². The van der Waals surface area contributed by atoms with Crippen molar-refractivity contribution in [2.24, 2.45) is 0 Å². The summed E-state index contributed by atoms with van der Waals surface area (Å²) in [6.45, 7) is 2.08. The number of esters is 1. The average molecular weight is 296 g/mol. The topological polar surface area (TPSA) is 46.5 Å². The van der Waals surface area contributed by atoms with E-state index in [2.05, 4.69) is 0 Å². The molecule has 0 aliphatic rings. The molecule has 0 saturated heterocycles. The molecule has 2 aromatic rings. The number of carbonyl (C=O) groups is 1. The molecule has 0 aliphatic carbocycles. The van der Waals surface area contributed by atoms with Crippen LogP contribution in [0.2, 0.25) is 0 Å². The van der Waals surface area contributed by atoms with Crippen LogP contribution >= 0.6 is 0 Å². The van der Waals surface area contributed by atoms with Crippen LogP contribution in [0.3, 0.4) is 0 Å². The zero-order chi connectivity index (χ0) is 15.8. The van der Waals surface area contributed by atoms with Crippen molar-refractivity contribution in [3.63, 3.8) is 0 Å². The summed E-state index contributed by atoms with van der Waals surface area (Å²) in [5, 5.41) is 10.2. The largest absolute Gasteiger partial charge is 0.461 e. The van der Waals surface area contributed by atoms with E-state index in [4.69, 9.17) is 4.74 Å². The summed E-state index contributed by atoms with van der Waals surface area (Å²) >= 11 is 0. The Kier molecular flexibility index (Phi) is 5.92. The molecule has 0 spiro atoms. The van der Waals surface area contributed by atoms with Gasteiger partial charge < -0.3 is 9.84 Å². The van der Waals surface area contributed by atoms with Gasteiger partial charge in [0.05, 0.1) is 12.5 Å². The van der Waals surface area contributed by atoms with Gasteiger partial charge >= 0.3 is 5.97 Å². The van der Waals surface area contributed by atoms with Gasteiger partial charge in [0.2, 0.25) is 0 Å². The number of ether oxygens (including phenoxy) is 1. The summed E-state index contributed by atoms with van der Waals surface area (Å²) in [6, 6.07) is 18.9. The van der Waals surface area contributed by atoms with Crippen molar-refractivity contribution in [1.82, 2.24) is 0 Å². The van der Waals surface area contributed by atoms with Crippen LogP contribution in [0.15, 0.2) is 72.3 Å². The molecule has 0 saturated carbocycles. The molecule has 0 fully saturated rings. The van der Waals surface area contributed by atoms with Gasteiger partial charge in [-0.05, 0) is 23.6 Å². The Bertz CT molecular complexity index is 618. The molecule has 3 heteroatoms. The summed E-state index contributed by atoms with van der Waals surface area (Å²) < 4.78 is 5.20. The molecule has 22 heavy (non-hydrogen) atoms. The molecule has 114 valence electrons. The molecule has 0 aliphatic heterocycles. The van der Waals surface area contributed by atoms with Gasteiger partial charge in [0.25, 0.3) is 0 Å². The average Bonchev–Trinajstić information content (AvgIpc) is 2.58. The highest BCUT2D eigenvalue weighted by Gasteiger charge is 2.09. The van der Waals surface area contributed by atoms with Crippen LogP contribution in [0.25, 0.3) is 0 Å². The van der Waals surface area contributed by atoms with Crippen molar-refractivity contribution >= 4 is 5.97 Å². The molecule has 1 N–H and O–H groups in total. The second-order valence-electron chi connectivity index (χ2n) is 5.11. The Balaban J connectivity index is 1.84. The maximum Gasteiger partial charge on any atom is 0.309 e. The first-order valence-corrected chi connectivity index (χ1v) is 7.26. The van der Waals surface area contributed by atoms with Gasteiger partial charge in [-0.2, -0.15) is 0 Å². The van der Waals surface area contributed by atoms with Crippen LogP contribution in [0.4, 0.5) is 0 Å². The fourth-order valence-electron chi connectivity index (χ4n) is 2.05. The van der Waals surface area contributed by atoms with Crippen LogP contribution in [-0.2, 0) is 16.1 Å². The lowest BCUT2D eigenvalue weighted by atomic mass is 10.0. The second kappa shape index (κ2) is 8.15. The second-order valence-corrected chi connectivity index (χ2v) is 5.11. The fraction of sp³-hybridized carbons (Fsp3) is 0.211. The van der Waals surface area contributed by atoms with Crippen molar-refractivity contribution in [3.05, 3.63) is 83.4 Å². The normalized spacial score (nSPS) is 12.7. The first-order chi connectivity index (χ1) is 10.7. The number of aliphatic hydroxyl groups is 1. The summed E-state index contributed by atoms with van der Waals surface area (Å²) in [7, 11) is 0. The number of benzene rings is 2. The van der Waals surface area contributed by atoms with Crippen LogP contribution in [0.1, 0.15) is 30.6 Å². The number of aliphatic hydroxyl groups excluding tert-OH is 1. The lowest BCUT2D eigenvalue weighted by molar-refractivity contribution is -0.143. The van der Waals surface area contributed by atoms with Crippen LogP contribution < -0.4 is 0 Å². The highest BCUT2D eigenvalue weighted by Crippen LogP contribution is 2.21. The molecule has 3 nitrogen and oxygen atoms in total. The third-order valence-electron chi connectivity index (χ3n) is 3.38. The minimum Gasteiger partial charge on any atom is -0.461 e. The first-order valence-electron chi connectivity index (χ1n) is 7.26. The number of rotatable bonds is 6. The highest BCUT2D eigenvalue weighted by atomic mass is 16.5. The van der Waals surface area contributed by atoms with Gasteiger partial charge in [-0.1, -0.05) is 66.7 Å². The lowest BCUT2D eigenvalue weighted by Gasteiger charge is -2.11. The highest BCUT2D eigenvalue weighted by molar-refractivity contribution is 5.71. The molecule has 0 radical (unpaired) electrons. The number of hydrogen-bond acceptors (Lipinski definition) is 3. The van der Waals surface area contributed by atoms with Crippen molar-refractivity contribution in [2.45, 2.75) is 26.1 Å². The summed E-state index contributed by atoms with van der Waals surface area (Å²) in [5.41, 5.74) is 2.51. The van der Waals surface area contributed by atoms with Crippen molar-refractivity contribution in [1.29, 1.82) is 0 Å². The predicted octanol–water partition coefficient (Wildman–Crippen LogP) is 3.80. The molecule has 0 amide bonds. The Morgan fingerprint density at radius 2 is 1.68 bits per heavy atom. The van der Waals surface area contributed by atoms with E-state index >= 15 is 0 Å². The van der Waals surface area contributed by atoms with E-state index in [0.29, 0.717) is 0 Å². The third kappa shape index (κ3) is 4.86. The maximum atomic E-state index is 11.7. The molecule has 2 aromatic carbocycles. The number of hydrogen-bond donors (Lipinski definition) is 1. The Hall–Kier alpha value is -2.39. The zero-order valence-electron chi connectivity index (χ0n) is 12.6. The zero-order valence-corrected chi connectivity index (χ0v) is 12.6. The molecule has 0 bridgehead atoms. The van der Waals surface area contributed by atoms with E-state index in [1.807, 2.05) is 67.6 Å². The molecule has 0 heterocycles. The van der Waals surface area contributed by atoms with Crippen molar-refractivity contribution in [2.75, 3.05) is 0 Å². The maximum absolute atomic E-state index is 11.7. The standard InChI is InChI=1S/C19H20O3/c1-15(19(21)17-10-6-3-7-11-17)12-13-18(20)22-14-16-8-4-2-5-9-16/h2-12,19,21H,13-14H2,1H3/b15-12+/t19-/m0/s1. The Labute approximate surface area is 130 Å². The van der Waals surface area contributed by atoms with E-state index in [1.165, 1.54) is 0 Å².